The fourth-order valence-electron chi connectivity index (χ4n) is 1.95. The Morgan fingerprint density at radius 1 is 1.05 bits per heavy atom. The SMILES string of the molecule is Cc1cc(Oc2ccc(N)cc2C(F)(F)F)cc(C)c1Cl. The topological polar surface area (TPSA) is 35.2 Å². The Hall–Kier alpha value is -1.88. The lowest BCUT2D eigenvalue weighted by atomic mass is 10.1. The monoisotopic (exact) mass is 315 g/mol. The van der Waals surface area contributed by atoms with Crippen molar-refractivity contribution >= 4 is 17.3 Å². The fraction of sp³-hybridized carbons (Fsp3) is 0.200. The molecule has 0 heterocycles. The van der Waals surface area contributed by atoms with Crippen LogP contribution in [0.4, 0.5) is 18.9 Å². The highest BCUT2D eigenvalue weighted by molar-refractivity contribution is 6.32. The Kier molecular flexibility index (Phi) is 4.05. The summed E-state index contributed by atoms with van der Waals surface area (Å²) >= 11 is 6.03. The van der Waals surface area contributed by atoms with Crippen LogP contribution in [0.25, 0.3) is 0 Å². The molecule has 0 aliphatic carbocycles. The first-order valence-electron chi connectivity index (χ1n) is 6.10. The zero-order valence-corrected chi connectivity index (χ0v) is 12.1. The Bertz CT molecular complexity index is 660. The summed E-state index contributed by atoms with van der Waals surface area (Å²) in [5, 5.41) is 0.565. The van der Waals surface area contributed by atoms with Crippen LogP contribution in [0.3, 0.4) is 0 Å². The molecule has 0 fully saturated rings. The van der Waals surface area contributed by atoms with Gasteiger partial charge in [-0.25, -0.2) is 0 Å². The molecule has 0 aliphatic heterocycles. The zero-order chi connectivity index (χ0) is 15.8. The number of rotatable bonds is 2. The molecule has 0 atom stereocenters. The van der Waals surface area contributed by atoms with E-state index in [1.807, 2.05) is 0 Å². The van der Waals surface area contributed by atoms with Gasteiger partial charge in [-0.2, -0.15) is 13.2 Å². The zero-order valence-electron chi connectivity index (χ0n) is 11.4. The summed E-state index contributed by atoms with van der Waals surface area (Å²) in [6.07, 6.45) is -4.54. The van der Waals surface area contributed by atoms with Gasteiger partial charge in [0.2, 0.25) is 0 Å². The summed E-state index contributed by atoms with van der Waals surface area (Å²) in [6.45, 7) is 3.52. The molecule has 0 aliphatic rings. The van der Waals surface area contributed by atoms with Crippen molar-refractivity contribution < 1.29 is 17.9 Å². The molecule has 2 aromatic carbocycles. The molecule has 2 rings (SSSR count). The maximum absolute atomic E-state index is 13.0. The first-order chi connectivity index (χ1) is 9.68. The van der Waals surface area contributed by atoms with Crippen LogP contribution in [-0.2, 0) is 6.18 Å². The van der Waals surface area contributed by atoms with E-state index in [2.05, 4.69) is 0 Å². The number of hydrogen-bond acceptors (Lipinski definition) is 2. The van der Waals surface area contributed by atoms with Crippen LogP contribution in [0, 0.1) is 13.8 Å². The smallest absolute Gasteiger partial charge is 0.420 e. The van der Waals surface area contributed by atoms with Crippen molar-refractivity contribution in [2.75, 3.05) is 5.73 Å². The van der Waals surface area contributed by atoms with Crippen molar-refractivity contribution in [2.45, 2.75) is 20.0 Å². The van der Waals surface area contributed by atoms with E-state index < -0.39 is 11.7 Å². The number of aryl methyl sites for hydroxylation is 2. The summed E-state index contributed by atoms with van der Waals surface area (Å²) in [7, 11) is 0. The number of anilines is 1. The highest BCUT2D eigenvalue weighted by Gasteiger charge is 2.34. The summed E-state index contributed by atoms with van der Waals surface area (Å²) in [4.78, 5) is 0. The van der Waals surface area contributed by atoms with Gasteiger partial charge in [0.05, 0.1) is 0 Å². The first kappa shape index (κ1) is 15.5. The number of nitrogens with two attached hydrogens (primary N) is 1. The van der Waals surface area contributed by atoms with Gasteiger partial charge in [0, 0.05) is 10.7 Å². The fourth-order valence-corrected chi connectivity index (χ4v) is 2.06. The van der Waals surface area contributed by atoms with E-state index in [1.54, 1.807) is 26.0 Å². The number of benzene rings is 2. The summed E-state index contributed by atoms with van der Waals surface area (Å²) < 4.78 is 44.4. The molecule has 0 radical (unpaired) electrons. The van der Waals surface area contributed by atoms with E-state index in [4.69, 9.17) is 22.1 Å². The first-order valence-corrected chi connectivity index (χ1v) is 6.47. The second-order valence-corrected chi connectivity index (χ2v) is 5.10. The molecule has 0 saturated carbocycles. The van der Waals surface area contributed by atoms with Crippen LogP contribution in [0.2, 0.25) is 5.02 Å². The molecule has 0 amide bonds. The van der Waals surface area contributed by atoms with E-state index in [0.717, 1.165) is 17.2 Å². The second-order valence-electron chi connectivity index (χ2n) is 4.73. The van der Waals surface area contributed by atoms with E-state index in [1.165, 1.54) is 12.1 Å². The molecule has 0 aromatic heterocycles. The lowest BCUT2D eigenvalue weighted by molar-refractivity contribution is -0.138. The van der Waals surface area contributed by atoms with Crippen molar-refractivity contribution in [2.24, 2.45) is 0 Å². The van der Waals surface area contributed by atoms with Crippen LogP contribution in [0.1, 0.15) is 16.7 Å². The minimum atomic E-state index is -4.54. The minimum Gasteiger partial charge on any atom is -0.457 e. The molecule has 6 heteroatoms. The highest BCUT2D eigenvalue weighted by Crippen LogP contribution is 2.40. The number of alkyl halides is 3. The average Bonchev–Trinajstić information content (AvgIpc) is 2.37. The van der Waals surface area contributed by atoms with Gasteiger partial charge in [0.1, 0.15) is 17.1 Å². The maximum Gasteiger partial charge on any atom is 0.420 e. The van der Waals surface area contributed by atoms with E-state index in [9.17, 15) is 13.2 Å². The number of ether oxygens (including phenoxy) is 1. The molecule has 21 heavy (non-hydrogen) atoms. The van der Waals surface area contributed by atoms with E-state index >= 15 is 0 Å². The third-order valence-electron chi connectivity index (χ3n) is 2.95. The molecule has 0 bridgehead atoms. The molecule has 2 nitrogen and oxygen atoms in total. The Labute approximate surface area is 125 Å². The lowest BCUT2D eigenvalue weighted by Gasteiger charge is -2.15. The molecule has 112 valence electrons. The van der Waals surface area contributed by atoms with E-state index in [-0.39, 0.29) is 11.4 Å². The molecule has 2 aromatic rings. The van der Waals surface area contributed by atoms with Gasteiger partial charge >= 0.3 is 6.18 Å². The average molecular weight is 316 g/mol. The second kappa shape index (κ2) is 5.48. The third-order valence-corrected chi connectivity index (χ3v) is 3.54. The van der Waals surface area contributed by atoms with Gasteiger partial charge in [-0.15, -0.1) is 0 Å². The Morgan fingerprint density at radius 3 is 2.14 bits per heavy atom. The molecular formula is C15H13ClF3NO. The van der Waals surface area contributed by atoms with Crippen LogP contribution < -0.4 is 10.5 Å². The van der Waals surface area contributed by atoms with Crippen molar-refractivity contribution in [3.05, 3.63) is 52.0 Å². The van der Waals surface area contributed by atoms with Crippen LogP contribution in [0.5, 0.6) is 11.5 Å². The number of nitrogen functional groups attached to an aromatic ring is 1. The maximum atomic E-state index is 13.0. The normalized spacial score (nSPS) is 11.5. The van der Waals surface area contributed by atoms with Gasteiger partial charge in [-0.3, -0.25) is 0 Å². The van der Waals surface area contributed by atoms with Crippen molar-refractivity contribution in [1.82, 2.24) is 0 Å². The predicted octanol–water partition coefficient (Wildman–Crippen LogP) is 5.35. The van der Waals surface area contributed by atoms with E-state index in [0.29, 0.717) is 10.8 Å². The summed E-state index contributed by atoms with van der Waals surface area (Å²) in [5.74, 6) is 0.00231. The van der Waals surface area contributed by atoms with Gasteiger partial charge in [-0.1, -0.05) is 11.6 Å². The minimum absolute atomic E-state index is 0.0261. The van der Waals surface area contributed by atoms with Crippen LogP contribution in [0.15, 0.2) is 30.3 Å². The largest absolute Gasteiger partial charge is 0.457 e. The summed E-state index contributed by atoms with van der Waals surface area (Å²) in [5.41, 5.74) is 5.99. The molecule has 0 saturated heterocycles. The molecule has 0 unspecified atom stereocenters. The Balaban J connectivity index is 2.45. The van der Waals surface area contributed by atoms with Crippen molar-refractivity contribution in [1.29, 1.82) is 0 Å². The van der Waals surface area contributed by atoms with Gasteiger partial charge in [0.15, 0.2) is 0 Å². The lowest BCUT2D eigenvalue weighted by Crippen LogP contribution is -2.08. The van der Waals surface area contributed by atoms with Crippen molar-refractivity contribution in [3.8, 4) is 11.5 Å². The number of halogens is 4. The molecule has 2 N–H and O–H groups in total. The van der Waals surface area contributed by atoms with Crippen LogP contribution >= 0.6 is 11.6 Å². The Morgan fingerprint density at radius 2 is 1.62 bits per heavy atom. The predicted molar refractivity (Wildman–Crippen MR) is 76.9 cm³/mol. The van der Waals surface area contributed by atoms with Gasteiger partial charge in [0.25, 0.3) is 0 Å². The number of hydrogen-bond donors (Lipinski definition) is 1. The van der Waals surface area contributed by atoms with Crippen LogP contribution in [-0.4, -0.2) is 0 Å². The molecule has 0 spiro atoms. The third kappa shape index (κ3) is 3.42. The summed E-state index contributed by atoms with van der Waals surface area (Å²) in [6, 6.07) is 6.60. The quantitative estimate of drug-likeness (QED) is 0.758. The van der Waals surface area contributed by atoms with Gasteiger partial charge in [-0.05, 0) is 55.3 Å². The standard InChI is InChI=1S/C15H13ClF3NO/c1-8-5-11(6-9(2)14(8)16)21-13-4-3-10(20)7-12(13)15(17,18)19/h3-7H,20H2,1-2H3. The van der Waals surface area contributed by atoms with Gasteiger partial charge < -0.3 is 10.5 Å². The van der Waals surface area contributed by atoms with Crippen molar-refractivity contribution in [3.63, 3.8) is 0 Å². The highest BCUT2D eigenvalue weighted by atomic mass is 35.5. The molecular weight excluding hydrogens is 303 g/mol.